The zero-order valence-corrected chi connectivity index (χ0v) is 11.3. The molecule has 0 atom stereocenters. The first-order valence-corrected chi connectivity index (χ1v) is 6.97. The van der Waals surface area contributed by atoms with E-state index in [0.717, 1.165) is 0 Å². The highest BCUT2D eigenvalue weighted by Gasteiger charge is 2.15. The summed E-state index contributed by atoms with van der Waals surface area (Å²) >= 11 is 3.10. The number of nitrogens with zero attached hydrogens (tertiary/aromatic N) is 3. The van der Waals surface area contributed by atoms with Crippen LogP contribution in [0.3, 0.4) is 0 Å². The Morgan fingerprint density at radius 3 is 2.61 bits per heavy atom. The molecule has 9 heteroatoms. The molecule has 3 N–H and O–H groups in total. The zero-order chi connectivity index (χ0) is 13.2. The summed E-state index contributed by atoms with van der Waals surface area (Å²) in [5.74, 6) is 0.244. The van der Waals surface area contributed by atoms with Crippen LogP contribution < -0.4 is 10.5 Å². The van der Waals surface area contributed by atoms with Gasteiger partial charge in [-0.3, -0.25) is 4.72 Å². The number of pyridine rings is 1. The second kappa shape index (κ2) is 4.86. The predicted octanol–water partition coefficient (Wildman–Crippen LogP) is 1.02. The van der Waals surface area contributed by atoms with Crippen LogP contribution in [-0.2, 0) is 10.0 Å². The van der Waals surface area contributed by atoms with E-state index in [1.54, 1.807) is 0 Å². The maximum Gasteiger partial charge on any atom is 0.263 e. The monoisotopic (exact) mass is 329 g/mol. The van der Waals surface area contributed by atoms with E-state index in [4.69, 9.17) is 5.73 Å². The van der Waals surface area contributed by atoms with Crippen molar-refractivity contribution in [3.63, 3.8) is 0 Å². The number of rotatable bonds is 3. The molecule has 2 aromatic heterocycles. The summed E-state index contributed by atoms with van der Waals surface area (Å²) in [5, 5.41) is 0. The molecule has 0 saturated heterocycles. The van der Waals surface area contributed by atoms with Crippen molar-refractivity contribution in [1.82, 2.24) is 15.0 Å². The lowest BCUT2D eigenvalue weighted by Gasteiger charge is -2.06. The third-order valence-electron chi connectivity index (χ3n) is 1.92. The van der Waals surface area contributed by atoms with Crippen molar-refractivity contribution < 1.29 is 8.42 Å². The number of sulfonamides is 1. The van der Waals surface area contributed by atoms with E-state index in [1.807, 2.05) is 0 Å². The van der Waals surface area contributed by atoms with Crippen LogP contribution in [0.25, 0.3) is 0 Å². The lowest BCUT2D eigenvalue weighted by molar-refractivity contribution is 0.601. The number of nitrogens with two attached hydrogens (primary N) is 1. The molecule has 94 valence electrons. The van der Waals surface area contributed by atoms with Gasteiger partial charge in [-0.2, -0.15) is 0 Å². The molecule has 0 aliphatic heterocycles. The van der Waals surface area contributed by atoms with E-state index in [1.165, 1.54) is 30.7 Å². The molecule has 0 aliphatic rings. The molecular formula is C9H8BrN5O2S. The Kier molecular flexibility index (Phi) is 3.43. The quantitative estimate of drug-likeness (QED) is 0.869. The van der Waals surface area contributed by atoms with Gasteiger partial charge in [0.25, 0.3) is 10.0 Å². The van der Waals surface area contributed by atoms with Crippen LogP contribution in [0.4, 0.5) is 11.6 Å². The van der Waals surface area contributed by atoms with Crippen LogP contribution in [0.5, 0.6) is 0 Å². The standard InChI is InChI=1S/C9H8BrN5O2S/c10-7-4-14-9(5-13-7)15-18(16,17)6-1-2-12-8(11)3-6/h1-5H,(H2,11,12)(H,14,15). The van der Waals surface area contributed by atoms with Gasteiger partial charge in [0.2, 0.25) is 0 Å². The van der Waals surface area contributed by atoms with Crippen LogP contribution in [-0.4, -0.2) is 23.4 Å². The van der Waals surface area contributed by atoms with Gasteiger partial charge in [0.05, 0.1) is 17.3 Å². The molecule has 2 heterocycles. The summed E-state index contributed by atoms with van der Waals surface area (Å²) in [5.41, 5.74) is 5.43. The topological polar surface area (TPSA) is 111 Å². The van der Waals surface area contributed by atoms with Crippen LogP contribution in [0.1, 0.15) is 0 Å². The summed E-state index contributed by atoms with van der Waals surface area (Å²) in [6.07, 6.45) is 4.00. The number of hydrogen-bond donors (Lipinski definition) is 2. The summed E-state index contributed by atoms with van der Waals surface area (Å²) in [4.78, 5) is 11.5. The second-order valence-electron chi connectivity index (χ2n) is 3.25. The van der Waals surface area contributed by atoms with Crippen LogP contribution >= 0.6 is 15.9 Å². The first-order valence-electron chi connectivity index (χ1n) is 4.69. The van der Waals surface area contributed by atoms with Crippen molar-refractivity contribution in [1.29, 1.82) is 0 Å². The van der Waals surface area contributed by atoms with Crippen LogP contribution in [0.15, 0.2) is 40.2 Å². The highest BCUT2D eigenvalue weighted by molar-refractivity contribution is 9.10. The minimum atomic E-state index is -3.74. The molecule has 0 radical (unpaired) electrons. The maximum absolute atomic E-state index is 12.0. The fourth-order valence-corrected chi connectivity index (χ4v) is 2.38. The normalized spacial score (nSPS) is 11.2. The average molecular weight is 330 g/mol. The summed E-state index contributed by atoms with van der Waals surface area (Å²) < 4.78 is 26.7. The van der Waals surface area contributed by atoms with Gasteiger partial charge in [-0.15, -0.1) is 0 Å². The van der Waals surface area contributed by atoms with Crippen LogP contribution in [0, 0.1) is 0 Å². The molecular weight excluding hydrogens is 322 g/mol. The van der Waals surface area contributed by atoms with Crippen molar-refractivity contribution in [2.45, 2.75) is 4.90 Å². The average Bonchev–Trinajstić information content (AvgIpc) is 2.32. The molecule has 0 unspecified atom stereocenters. The van der Waals surface area contributed by atoms with Gasteiger partial charge in [0.15, 0.2) is 5.82 Å². The van der Waals surface area contributed by atoms with Gasteiger partial charge < -0.3 is 5.73 Å². The molecule has 0 aromatic carbocycles. The first kappa shape index (κ1) is 12.7. The van der Waals surface area contributed by atoms with E-state index in [0.29, 0.717) is 4.60 Å². The number of halogens is 1. The van der Waals surface area contributed by atoms with Crippen molar-refractivity contribution >= 4 is 37.6 Å². The Morgan fingerprint density at radius 1 is 1.22 bits per heavy atom. The van der Waals surface area contributed by atoms with Gasteiger partial charge >= 0.3 is 0 Å². The molecule has 0 amide bonds. The SMILES string of the molecule is Nc1cc(S(=O)(=O)Nc2cnc(Br)cn2)ccn1. The lowest BCUT2D eigenvalue weighted by Crippen LogP contribution is -2.14. The maximum atomic E-state index is 12.0. The lowest BCUT2D eigenvalue weighted by atomic mass is 10.5. The van der Waals surface area contributed by atoms with E-state index in [9.17, 15) is 8.42 Å². The van der Waals surface area contributed by atoms with Gasteiger partial charge in [-0.25, -0.2) is 23.4 Å². The Balaban J connectivity index is 2.30. The van der Waals surface area contributed by atoms with Crippen LogP contribution in [0.2, 0.25) is 0 Å². The Labute approximate surface area is 112 Å². The molecule has 0 bridgehead atoms. The summed E-state index contributed by atoms with van der Waals surface area (Å²) in [7, 11) is -3.74. The van der Waals surface area contributed by atoms with E-state index < -0.39 is 10.0 Å². The molecule has 2 aromatic rings. The number of nitrogens with one attached hydrogen (secondary N) is 1. The van der Waals surface area contributed by atoms with E-state index in [-0.39, 0.29) is 16.5 Å². The zero-order valence-electron chi connectivity index (χ0n) is 8.91. The summed E-state index contributed by atoms with van der Waals surface area (Å²) in [6.45, 7) is 0. The number of nitrogen functional groups attached to an aromatic ring is 1. The smallest absolute Gasteiger partial charge is 0.263 e. The predicted molar refractivity (Wildman–Crippen MR) is 69.2 cm³/mol. The third-order valence-corrected chi connectivity index (χ3v) is 3.68. The van der Waals surface area contributed by atoms with Gasteiger partial charge in [-0.05, 0) is 22.0 Å². The molecule has 0 saturated carbocycles. The highest BCUT2D eigenvalue weighted by Crippen LogP contribution is 2.15. The number of aromatic nitrogens is 3. The van der Waals surface area contributed by atoms with Gasteiger partial charge in [-0.1, -0.05) is 0 Å². The van der Waals surface area contributed by atoms with Crippen molar-refractivity contribution in [2.24, 2.45) is 0 Å². The molecule has 7 nitrogen and oxygen atoms in total. The van der Waals surface area contributed by atoms with Crippen molar-refractivity contribution in [3.8, 4) is 0 Å². The van der Waals surface area contributed by atoms with E-state index >= 15 is 0 Å². The largest absolute Gasteiger partial charge is 0.384 e. The minimum absolute atomic E-state index is 0.0136. The fourth-order valence-electron chi connectivity index (χ4n) is 1.16. The molecule has 0 fully saturated rings. The first-order chi connectivity index (χ1) is 8.47. The van der Waals surface area contributed by atoms with Gasteiger partial charge in [0.1, 0.15) is 10.4 Å². The third kappa shape index (κ3) is 2.93. The molecule has 18 heavy (non-hydrogen) atoms. The van der Waals surface area contributed by atoms with Gasteiger partial charge in [0, 0.05) is 12.3 Å². The molecule has 0 spiro atoms. The molecule has 0 aliphatic carbocycles. The highest BCUT2D eigenvalue weighted by atomic mass is 79.9. The summed E-state index contributed by atoms with van der Waals surface area (Å²) in [6, 6.07) is 2.60. The molecule has 2 rings (SSSR count). The number of anilines is 2. The second-order valence-corrected chi connectivity index (χ2v) is 5.74. The van der Waals surface area contributed by atoms with Crippen molar-refractivity contribution in [2.75, 3.05) is 10.5 Å². The fraction of sp³-hybridized carbons (Fsp3) is 0. The minimum Gasteiger partial charge on any atom is -0.384 e. The number of hydrogen-bond acceptors (Lipinski definition) is 6. The van der Waals surface area contributed by atoms with Crippen molar-refractivity contribution in [3.05, 3.63) is 35.3 Å². The van der Waals surface area contributed by atoms with E-state index in [2.05, 4.69) is 35.6 Å². The Bertz CT molecular complexity index is 659. The Morgan fingerprint density at radius 2 is 2.00 bits per heavy atom. The Hall–Kier alpha value is -1.74.